The zero-order valence-corrected chi connectivity index (χ0v) is 21.6. The smallest absolute Gasteiger partial charge is 0.277 e. The lowest BCUT2D eigenvalue weighted by Gasteiger charge is -2.24. The van der Waals surface area contributed by atoms with Crippen molar-refractivity contribution in [3.8, 4) is 5.69 Å². The van der Waals surface area contributed by atoms with Crippen molar-refractivity contribution in [3.63, 3.8) is 0 Å². The van der Waals surface area contributed by atoms with Crippen molar-refractivity contribution >= 4 is 48.9 Å². The van der Waals surface area contributed by atoms with Crippen LogP contribution < -0.4 is 14.3 Å². The van der Waals surface area contributed by atoms with E-state index in [2.05, 4.69) is 26.2 Å². The van der Waals surface area contributed by atoms with Crippen molar-refractivity contribution < 1.29 is 26.4 Å². The number of sulfonamides is 2. The van der Waals surface area contributed by atoms with Crippen LogP contribution in [0.5, 0.6) is 0 Å². The number of anilines is 3. The molecule has 0 aliphatic heterocycles. The number of aromatic nitrogens is 4. The molecule has 0 fully saturated rings. The molecule has 0 aliphatic carbocycles. The molecule has 38 heavy (non-hydrogen) atoms. The van der Waals surface area contributed by atoms with E-state index in [4.69, 9.17) is 0 Å². The Morgan fingerprint density at radius 1 is 0.763 bits per heavy atom. The maximum Gasteiger partial charge on any atom is 0.277 e. The lowest BCUT2D eigenvalue weighted by Crippen LogP contribution is -2.37. The van der Waals surface area contributed by atoms with Gasteiger partial charge in [0.2, 0.25) is 11.8 Å². The fourth-order valence-corrected chi connectivity index (χ4v) is 7.13. The summed E-state index contributed by atoms with van der Waals surface area (Å²) in [7, 11) is -9.44. The Morgan fingerprint density at radius 2 is 1.26 bits per heavy atom. The Balaban J connectivity index is 1.86. The van der Waals surface area contributed by atoms with E-state index < -0.39 is 20.0 Å². The van der Waals surface area contributed by atoms with Gasteiger partial charge in [-0.25, -0.2) is 21.5 Å². The molecule has 0 saturated heterocycles. The molecule has 2 N–H and O–H groups in total. The van der Waals surface area contributed by atoms with Crippen LogP contribution in [0.2, 0.25) is 0 Å². The van der Waals surface area contributed by atoms with Crippen LogP contribution in [-0.2, 0) is 29.6 Å². The first-order valence-electron chi connectivity index (χ1n) is 10.9. The van der Waals surface area contributed by atoms with E-state index in [1.807, 2.05) is 0 Å². The highest BCUT2D eigenvalue weighted by Crippen LogP contribution is 2.32. The molecule has 13 nitrogen and oxygen atoms in total. The number of hydrogen-bond donors (Lipinski definition) is 2. The second-order valence-corrected chi connectivity index (χ2v) is 11.7. The molecule has 1 heterocycles. The molecule has 196 valence electrons. The van der Waals surface area contributed by atoms with Crippen molar-refractivity contribution in [1.82, 2.24) is 20.2 Å². The summed E-state index contributed by atoms with van der Waals surface area (Å²) in [6, 6.07) is 15.8. The Labute approximate surface area is 218 Å². The van der Waals surface area contributed by atoms with Gasteiger partial charge < -0.3 is 10.6 Å². The molecule has 3 aromatic carbocycles. The van der Waals surface area contributed by atoms with Crippen LogP contribution in [0.25, 0.3) is 5.69 Å². The molecule has 0 aliphatic rings. The quantitative estimate of drug-likeness (QED) is 0.330. The molecule has 4 rings (SSSR count). The fraction of sp³-hybridized carbons (Fsp3) is 0.0870. The van der Waals surface area contributed by atoms with Crippen molar-refractivity contribution in [2.45, 2.75) is 23.6 Å². The summed E-state index contributed by atoms with van der Waals surface area (Å²) in [5, 5.41) is 15.9. The van der Waals surface area contributed by atoms with Crippen molar-refractivity contribution in [1.29, 1.82) is 0 Å². The Hall–Kier alpha value is -4.63. The highest BCUT2D eigenvalue weighted by molar-refractivity contribution is 8.10. The van der Waals surface area contributed by atoms with Gasteiger partial charge in [0, 0.05) is 25.2 Å². The average Bonchev–Trinajstić information content (AvgIpc) is 3.39. The topological polar surface area (TPSA) is 173 Å². The van der Waals surface area contributed by atoms with Crippen LogP contribution in [0.4, 0.5) is 17.1 Å². The summed E-state index contributed by atoms with van der Waals surface area (Å²) >= 11 is 0. The summed E-state index contributed by atoms with van der Waals surface area (Å²) < 4.78 is 57.0. The van der Waals surface area contributed by atoms with E-state index in [1.165, 1.54) is 91.6 Å². The predicted molar refractivity (Wildman–Crippen MR) is 137 cm³/mol. The number of amides is 2. The summed E-state index contributed by atoms with van der Waals surface area (Å²) in [5.41, 5.74) is 0.778. The van der Waals surface area contributed by atoms with Crippen molar-refractivity contribution in [3.05, 3.63) is 79.1 Å². The molecule has 0 spiro atoms. The van der Waals surface area contributed by atoms with Gasteiger partial charge >= 0.3 is 0 Å². The van der Waals surface area contributed by atoms with Gasteiger partial charge in [0.15, 0.2) is 0 Å². The van der Waals surface area contributed by atoms with Crippen molar-refractivity contribution in [2.24, 2.45) is 0 Å². The molecular weight excluding hydrogens is 534 g/mol. The molecule has 4 aromatic rings. The third-order valence-electron chi connectivity index (χ3n) is 5.04. The van der Waals surface area contributed by atoms with Gasteiger partial charge in [0.1, 0.15) is 6.33 Å². The van der Waals surface area contributed by atoms with E-state index >= 15 is 0 Å². The van der Waals surface area contributed by atoms with Crippen LogP contribution in [0, 0.1) is 0 Å². The number of tetrazole rings is 1. The first kappa shape index (κ1) is 26.4. The number of rotatable bonds is 8. The van der Waals surface area contributed by atoms with Gasteiger partial charge in [0.05, 0.1) is 21.2 Å². The normalized spacial score (nSPS) is 11.5. The summed E-state index contributed by atoms with van der Waals surface area (Å²) in [5.74, 6) is -0.709. The van der Waals surface area contributed by atoms with E-state index in [0.29, 0.717) is 20.8 Å². The third-order valence-corrected chi connectivity index (χ3v) is 9.24. The minimum Gasteiger partial charge on any atom is -0.326 e. The number of nitrogens with zero attached hydrogens (tertiary/aromatic N) is 5. The number of carbonyl (C=O) groups is 2. The van der Waals surface area contributed by atoms with E-state index in [-0.39, 0.29) is 27.3 Å². The SMILES string of the molecule is CC(=O)Nc1ccc(S(=O)(=O)N(c2cccc(-n3cnnn3)c2)S(=O)(=O)c2ccc(NC(C)=O)cc2)cc1. The van der Waals surface area contributed by atoms with Gasteiger partial charge in [0.25, 0.3) is 20.0 Å². The summed E-state index contributed by atoms with van der Waals surface area (Å²) in [6.45, 7) is 2.60. The molecule has 0 atom stereocenters. The van der Waals surface area contributed by atoms with Crippen LogP contribution in [0.3, 0.4) is 0 Å². The van der Waals surface area contributed by atoms with Crippen LogP contribution in [0.1, 0.15) is 13.8 Å². The lowest BCUT2D eigenvalue weighted by molar-refractivity contribution is -0.115. The number of carbonyl (C=O) groups excluding carboxylic acids is 2. The zero-order chi connectivity index (χ0) is 27.5. The largest absolute Gasteiger partial charge is 0.326 e. The molecule has 2 amide bonds. The second kappa shape index (κ2) is 10.4. The van der Waals surface area contributed by atoms with Gasteiger partial charge in [-0.3, -0.25) is 9.59 Å². The van der Waals surface area contributed by atoms with Crippen LogP contribution >= 0.6 is 0 Å². The minimum absolute atomic E-state index is 0.199. The molecule has 0 bridgehead atoms. The zero-order valence-electron chi connectivity index (χ0n) is 20.0. The molecule has 0 unspecified atom stereocenters. The van der Waals surface area contributed by atoms with E-state index in [1.54, 1.807) is 6.07 Å². The van der Waals surface area contributed by atoms with Gasteiger partial charge in [-0.05, 0) is 77.2 Å². The number of benzene rings is 3. The van der Waals surface area contributed by atoms with Crippen LogP contribution in [-0.4, -0.2) is 48.9 Å². The lowest BCUT2D eigenvalue weighted by atomic mass is 10.3. The first-order valence-corrected chi connectivity index (χ1v) is 13.8. The van der Waals surface area contributed by atoms with Crippen molar-refractivity contribution in [2.75, 3.05) is 14.3 Å². The Bertz CT molecular complexity index is 1600. The third kappa shape index (κ3) is 5.52. The Morgan fingerprint density at radius 3 is 1.68 bits per heavy atom. The summed E-state index contributed by atoms with van der Waals surface area (Å²) in [6.07, 6.45) is 1.27. The van der Waals surface area contributed by atoms with E-state index in [9.17, 15) is 26.4 Å². The number of nitrogens with one attached hydrogen (secondary N) is 2. The first-order chi connectivity index (χ1) is 18.0. The molecule has 15 heteroatoms. The van der Waals surface area contributed by atoms with Crippen LogP contribution in [0.15, 0.2) is 88.9 Å². The molecule has 0 radical (unpaired) electrons. The van der Waals surface area contributed by atoms with E-state index in [0.717, 1.165) is 0 Å². The average molecular weight is 556 g/mol. The van der Waals surface area contributed by atoms with Gasteiger partial charge in [-0.1, -0.05) is 6.07 Å². The Kier molecular flexibility index (Phi) is 7.23. The second-order valence-electron chi connectivity index (χ2n) is 7.89. The summed E-state index contributed by atoms with van der Waals surface area (Å²) in [4.78, 5) is 22.0. The van der Waals surface area contributed by atoms with Gasteiger partial charge in [-0.15, -0.1) is 5.10 Å². The number of hydrogen-bond acceptors (Lipinski definition) is 9. The maximum atomic E-state index is 13.9. The standard InChI is InChI=1S/C23H21N7O6S2/c1-16(31)25-18-6-10-22(11-7-18)37(33,34)30(21-5-3-4-20(14-21)29-15-24-27-28-29)38(35,36)23-12-8-19(9-13-23)26-17(2)32/h3-15H,1-2H3,(H,25,31)(H,26,32). The predicted octanol–water partition coefficient (Wildman–Crippen LogP) is 2.16. The highest BCUT2D eigenvalue weighted by atomic mass is 32.3. The maximum absolute atomic E-state index is 13.9. The molecular formula is C23H21N7O6S2. The minimum atomic E-state index is -4.72. The van der Waals surface area contributed by atoms with Gasteiger partial charge in [-0.2, -0.15) is 3.71 Å². The molecule has 1 aromatic heterocycles. The highest BCUT2D eigenvalue weighted by Gasteiger charge is 2.37. The molecule has 0 saturated carbocycles. The fourth-order valence-electron chi connectivity index (χ4n) is 3.45. The monoisotopic (exact) mass is 555 g/mol.